The van der Waals surface area contributed by atoms with Gasteiger partial charge in [0.2, 0.25) is 0 Å². The Bertz CT molecular complexity index is 496. The Morgan fingerprint density at radius 2 is 2.11 bits per heavy atom. The van der Waals surface area contributed by atoms with Gasteiger partial charge in [0.25, 0.3) is 0 Å². The van der Waals surface area contributed by atoms with Crippen LogP contribution in [0.15, 0.2) is 23.1 Å². The predicted octanol–water partition coefficient (Wildman–Crippen LogP) is 2.48. The van der Waals surface area contributed by atoms with E-state index >= 15 is 0 Å². The molecule has 1 aliphatic rings. The summed E-state index contributed by atoms with van der Waals surface area (Å²) in [5.74, 6) is -0.261. The Hall–Kier alpha value is -1.16. The molecule has 4 heteroatoms. The number of hydrogen-bond donors (Lipinski definition) is 0. The molecule has 0 radical (unpaired) electrons. The second kappa shape index (κ2) is 6.33. The highest BCUT2D eigenvalue weighted by Crippen LogP contribution is 2.24. The molecule has 0 amide bonds. The van der Waals surface area contributed by atoms with E-state index < -0.39 is 10.8 Å². The molecule has 0 heterocycles. The topological polar surface area (TPSA) is 43.4 Å². The molecule has 2 rings (SSSR count). The SMILES string of the molecule is CCOC(=O)C(C)CS(=O)c1ccc2c(c1)CCC2. The van der Waals surface area contributed by atoms with Gasteiger partial charge in [-0.3, -0.25) is 9.00 Å². The summed E-state index contributed by atoms with van der Waals surface area (Å²) in [5, 5.41) is 0. The maximum atomic E-state index is 12.3. The Morgan fingerprint density at radius 3 is 2.84 bits per heavy atom. The molecule has 0 fully saturated rings. The molecule has 0 saturated carbocycles. The molecule has 104 valence electrons. The number of hydrogen-bond acceptors (Lipinski definition) is 3. The highest BCUT2D eigenvalue weighted by atomic mass is 32.2. The minimum atomic E-state index is -1.13. The van der Waals surface area contributed by atoms with Gasteiger partial charge in [-0.15, -0.1) is 0 Å². The van der Waals surface area contributed by atoms with Gasteiger partial charge in [0.05, 0.1) is 23.3 Å². The second-order valence-corrected chi connectivity index (χ2v) is 6.45. The van der Waals surface area contributed by atoms with Crippen LogP contribution in [0.1, 0.15) is 31.4 Å². The molecule has 0 aliphatic heterocycles. The highest BCUT2D eigenvalue weighted by Gasteiger charge is 2.19. The second-order valence-electron chi connectivity index (χ2n) is 4.95. The Labute approximate surface area is 116 Å². The molecule has 2 atom stereocenters. The molecular weight excluding hydrogens is 260 g/mol. The number of carbonyl (C=O) groups is 1. The maximum absolute atomic E-state index is 12.3. The standard InChI is InChI=1S/C15H20O3S/c1-3-18-15(16)11(2)10-19(17)14-8-7-12-5-4-6-13(12)9-14/h7-9,11H,3-6,10H2,1-2H3. The molecule has 0 spiro atoms. The van der Waals surface area contributed by atoms with E-state index in [1.165, 1.54) is 17.5 Å². The number of aryl methyl sites for hydroxylation is 2. The lowest BCUT2D eigenvalue weighted by Gasteiger charge is -2.11. The first kappa shape index (κ1) is 14.3. The van der Waals surface area contributed by atoms with Crippen molar-refractivity contribution >= 4 is 16.8 Å². The zero-order valence-electron chi connectivity index (χ0n) is 11.5. The van der Waals surface area contributed by atoms with E-state index in [1.807, 2.05) is 12.1 Å². The summed E-state index contributed by atoms with van der Waals surface area (Å²) < 4.78 is 17.2. The van der Waals surface area contributed by atoms with Crippen molar-refractivity contribution in [2.75, 3.05) is 12.4 Å². The van der Waals surface area contributed by atoms with Crippen LogP contribution in [0.2, 0.25) is 0 Å². The van der Waals surface area contributed by atoms with Crippen LogP contribution in [0.5, 0.6) is 0 Å². The van der Waals surface area contributed by atoms with Gasteiger partial charge in [0.1, 0.15) is 0 Å². The minimum absolute atomic E-state index is 0.267. The van der Waals surface area contributed by atoms with Crippen LogP contribution in [0.25, 0.3) is 0 Å². The fourth-order valence-corrected chi connectivity index (χ4v) is 3.64. The van der Waals surface area contributed by atoms with Gasteiger partial charge in [-0.25, -0.2) is 0 Å². The molecule has 1 aromatic rings. The monoisotopic (exact) mass is 280 g/mol. The molecule has 19 heavy (non-hydrogen) atoms. The van der Waals surface area contributed by atoms with Crippen LogP contribution in [-0.4, -0.2) is 22.5 Å². The van der Waals surface area contributed by atoms with E-state index in [9.17, 15) is 9.00 Å². The average Bonchev–Trinajstić information content (AvgIpc) is 2.85. The van der Waals surface area contributed by atoms with Gasteiger partial charge < -0.3 is 4.74 Å². The summed E-state index contributed by atoms with van der Waals surface area (Å²) >= 11 is 0. The van der Waals surface area contributed by atoms with Gasteiger partial charge in [0, 0.05) is 10.6 Å². The van der Waals surface area contributed by atoms with Gasteiger partial charge in [-0.05, 0) is 49.4 Å². The smallest absolute Gasteiger partial charge is 0.309 e. The number of carbonyl (C=O) groups excluding carboxylic acids is 1. The van der Waals surface area contributed by atoms with E-state index in [0.29, 0.717) is 12.4 Å². The van der Waals surface area contributed by atoms with Crippen LogP contribution in [0, 0.1) is 5.92 Å². The van der Waals surface area contributed by atoms with Crippen molar-refractivity contribution in [2.45, 2.75) is 38.0 Å². The van der Waals surface area contributed by atoms with Crippen LogP contribution in [0.3, 0.4) is 0 Å². The van der Waals surface area contributed by atoms with E-state index in [0.717, 1.165) is 17.7 Å². The third-order valence-electron chi connectivity index (χ3n) is 3.42. The number of fused-ring (bicyclic) bond motifs is 1. The van der Waals surface area contributed by atoms with Crippen molar-refractivity contribution < 1.29 is 13.7 Å². The van der Waals surface area contributed by atoms with Crippen molar-refractivity contribution in [1.82, 2.24) is 0 Å². The molecule has 1 aliphatic carbocycles. The van der Waals surface area contributed by atoms with Crippen molar-refractivity contribution in [3.63, 3.8) is 0 Å². The molecule has 1 aromatic carbocycles. The van der Waals surface area contributed by atoms with Crippen LogP contribution in [0.4, 0.5) is 0 Å². The van der Waals surface area contributed by atoms with Gasteiger partial charge in [-0.2, -0.15) is 0 Å². The summed E-state index contributed by atoms with van der Waals surface area (Å²) in [5.41, 5.74) is 2.69. The normalized spacial score (nSPS) is 16.7. The van der Waals surface area contributed by atoms with E-state index in [2.05, 4.69) is 6.07 Å². The first-order chi connectivity index (χ1) is 9.11. The van der Waals surface area contributed by atoms with Crippen molar-refractivity contribution in [3.8, 4) is 0 Å². The zero-order chi connectivity index (χ0) is 13.8. The van der Waals surface area contributed by atoms with Crippen molar-refractivity contribution in [2.24, 2.45) is 5.92 Å². The van der Waals surface area contributed by atoms with E-state index in [4.69, 9.17) is 4.74 Å². The predicted molar refractivity (Wildman–Crippen MR) is 75.5 cm³/mol. The molecule has 2 unspecified atom stereocenters. The molecular formula is C15H20O3S. The quantitative estimate of drug-likeness (QED) is 0.778. The lowest BCUT2D eigenvalue weighted by Crippen LogP contribution is -2.20. The fourth-order valence-electron chi connectivity index (χ4n) is 2.37. The van der Waals surface area contributed by atoms with Crippen LogP contribution in [-0.2, 0) is 33.2 Å². The summed E-state index contributed by atoms with van der Waals surface area (Å²) in [6, 6.07) is 6.04. The molecule has 0 aromatic heterocycles. The number of benzene rings is 1. The van der Waals surface area contributed by atoms with Gasteiger partial charge in [-0.1, -0.05) is 13.0 Å². The number of ether oxygens (including phenoxy) is 1. The number of rotatable bonds is 5. The zero-order valence-corrected chi connectivity index (χ0v) is 12.3. The Kier molecular flexibility index (Phi) is 4.75. The highest BCUT2D eigenvalue weighted by molar-refractivity contribution is 7.85. The molecule has 0 saturated heterocycles. The molecule has 3 nitrogen and oxygen atoms in total. The van der Waals surface area contributed by atoms with Crippen LogP contribution < -0.4 is 0 Å². The largest absolute Gasteiger partial charge is 0.466 e. The van der Waals surface area contributed by atoms with Crippen molar-refractivity contribution in [1.29, 1.82) is 0 Å². The van der Waals surface area contributed by atoms with Gasteiger partial charge >= 0.3 is 5.97 Å². The molecule has 0 N–H and O–H groups in total. The maximum Gasteiger partial charge on any atom is 0.309 e. The van der Waals surface area contributed by atoms with E-state index in [1.54, 1.807) is 13.8 Å². The lowest BCUT2D eigenvalue weighted by atomic mass is 10.1. The Morgan fingerprint density at radius 1 is 1.37 bits per heavy atom. The van der Waals surface area contributed by atoms with Crippen LogP contribution >= 0.6 is 0 Å². The summed E-state index contributed by atoms with van der Waals surface area (Å²) in [6.45, 7) is 3.92. The summed E-state index contributed by atoms with van der Waals surface area (Å²) in [6.07, 6.45) is 3.39. The minimum Gasteiger partial charge on any atom is -0.466 e. The fraction of sp³-hybridized carbons (Fsp3) is 0.533. The lowest BCUT2D eigenvalue weighted by molar-refractivity contribution is -0.146. The van der Waals surface area contributed by atoms with Gasteiger partial charge in [0.15, 0.2) is 0 Å². The summed E-state index contributed by atoms with van der Waals surface area (Å²) in [7, 11) is -1.13. The Balaban J connectivity index is 2.02. The average molecular weight is 280 g/mol. The van der Waals surface area contributed by atoms with Crippen molar-refractivity contribution in [3.05, 3.63) is 29.3 Å². The third kappa shape index (κ3) is 3.44. The number of esters is 1. The molecule has 0 bridgehead atoms. The first-order valence-corrected chi connectivity index (χ1v) is 8.10. The first-order valence-electron chi connectivity index (χ1n) is 6.78. The third-order valence-corrected chi connectivity index (χ3v) is 5.01. The van der Waals surface area contributed by atoms with E-state index in [-0.39, 0.29) is 11.9 Å². The summed E-state index contributed by atoms with van der Waals surface area (Å²) in [4.78, 5) is 12.4.